The minimum absolute atomic E-state index is 0.0188. The Bertz CT molecular complexity index is 975. The Morgan fingerprint density at radius 2 is 1.90 bits per heavy atom. The van der Waals surface area contributed by atoms with Crippen LogP contribution >= 0.6 is 11.6 Å². The van der Waals surface area contributed by atoms with Gasteiger partial charge in [-0.25, -0.2) is 0 Å². The van der Waals surface area contributed by atoms with Crippen molar-refractivity contribution in [3.05, 3.63) is 64.9 Å². The van der Waals surface area contributed by atoms with E-state index < -0.39 is 0 Å². The fourth-order valence-corrected chi connectivity index (χ4v) is 4.01. The molecule has 1 aliphatic heterocycles. The Balaban J connectivity index is 1.30. The van der Waals surface area contributed by atoms with E-state index in [2.05, 4.69) is 28.1 Å². The molecule has 1 aliphatic rings. The molecule has 1 N–H and O–H groups in total. The average molecular weight is 412 g/mol. The molecular weight excluding hydrogens is 386 g/mol. The largest absolute Gasteiger partial charge is 0.459 e. The van der Waals surface area contributed by atoms with Crippen molar-refractivity contribution in [1.29, 1.82) is 0 Å². The van der Waals surface area contributed by atoms with E-state index >= 15 is 0 Å². The number of halogens is 1. The molecule has 4 rings (SSSR count). The Kier molecular flexibility index (Phi) is 5.79. The highest BCUT2D eigenvalue weighted by Gasteiger charge is 2.22. The highest BCUT2D eigenvalue weighted by Crippen LogP contribution is 2.26. The number of nitrogens with zero attached hydrogens (tertiary/aromatic N) is 2. The van der Waals surface area contributed by atoms with Crippen LogP contribution in [0.4, 0.5) is 5.69 Å². The first-order valence-corrected chi connectivity index (χ1v) is 10.4. The van der Waals surface area contributed by atoms with Crippen LogP contribution in [0.1, 0.15) is 24.3 Å². The summed E-state index contributed by atoms with van der Waals surface area (Å²) in [5.41, 5.74) is 3.25. The highest BCUT2D eigenvalue weighted by molar-refractivity contribution is 6.30. The molecule has 1 saturated heterocycles. The molecule has 0 unspecified atom stereocenters. The van der Waals surface area contributed by atoms with Gasteiger partial charge in [-0.2, -0.15) is 0 Å². The van der Waals surface area contributed by atoms with Crippen molar-refractivity contribution in [1.82, 2.24) is 10.2 Å². The van der Waals surface area contributed by atoms with Gasteiger partial charge in [0.1, 0.15) is 11.3 Å². The Labute approximate surface area is 176 Å². The summed E-state index contributed by atoms with van der Waals surface area (Å²) in [6.07, 6.45) is 0. The van der Waals surface area contributed by atoms with Crippen molar-refractivity contribution in [3.8, 4) is 0 Å². The summed E-state index contributed by atoms with van der Waals surface area (Å²) in [7, 11) is 0. The average Bonchev–Trinajstić information content (AvgIpc) is 3.15. The monoisotopic (exact) mass is 411 g/mol. The molecule has 2 aromatic carbocycles. The molecule has 0 aliphatic carbocycles. The molecule has 6 heteroatoms. The maximum Gasteiger partial charge on any atom is 0.234 e. The topological polar surface area (TPSA) is 48.7 Å². The second-order valence-corrected chi connectivity index (χ2v) is 8.11. The molecule has 2 heterocycles. The SMILES string of the molecule is Cc1ccc(Cl)cc1N1CCN(CC(=O)N[C@@H](C)c2cc3ccccc3o2)CC1. The summed E-state index contributed by atoms with van der Waals surface area (Å²) in [6, 6.07) is 15.7. The number of carbonyl (C=O) groups excluding carboxylic acids is 1. The van der Waals surface area contributed by atoms with Gasteiger partial charge in [0.2, 0.25) is 5.91 Å². The van der Waals surface area contributed by atoms with Crippen LogP contribution in [-0.2, 0) is 4.79 Å². The van der Waals surface area contributed by atoms with Crippen LogP contribution < -0.4 is 10.2 Å². The Morgan fingerprint density at radius 3 is 2.66 bits per heavy atom. The van der Waals surface area contributed by atoms with Crippen LogP contribution in [0.25, 0.3) is 11.0 Å². The number of benzene rings is 2. The maximum absolute atomic E-state index is 12.5. The summed E-state index contributed by atoms with van der Waals surface area (Å²) >= 11 is 6.16. The molecule has 0 spiro atoms. The quantitative estimate of drug-likeness (QED) is 0.676. The van der Waals surface area contributed by atoms with Gasteiger partial charge >= 0.3 is 0 Å². The highest BCUT2D eigenvalue weighted by atomic mass is 35.5. The number of aryl methyl sites for hydroxylation is 1. The predicted octanol–water partition coefficient (Wildman–Crippen LogP) is 4.39. The molecule has 0 bridgehead atoms. The van der Waals surface area contributed by atoms with Gasteiger partial charge in [0.15, 0.2) is 0 Å². The normalized spacial score (nSPS) is 16.2. The number of nitrogens with one attached hydrogen (secondary N) is 1. The standard InChI is InChI=1S/C23H26ClN3O2/c1-16-7-8-19(24)14-20(16)27-11-9-26(10-12-27)15-23(28)25-17(2)22-13-18-5-3-4-6-21(18)29-22/h3-8,13-14,17H,9-12,15H2,1-2H3,(H,25,28)/t17-/m0/s1. The smallest absolute Gasteiger partial charge is 0.234 e. The molecular formula is C23H26ClN3O2. The Hall–Kier alpha value is -2.50. The number of hydrogen-bond acceptors (Lipinski definition) is 4. The lowest BCUT2D eigenvalue weighted by Crippen LogP contribution is -2.49. The summed E-state index contributed by atoms with van der Waals surface area (Å²) < 4.78 is 5.86. The third-order valence-electron chi connectivity index (χ3n) is 5.50. The van der Waals surface area contributed by atoms with Gasteiger partial charge < -0.3 is 14.6 Å². The molecule has 5 nitrogen and oxygen atoms in total. The lowest BCUT2D eigenvalue weighted by molar-refractivity contribution is -0.123. The maximum atomic E-state index is 12.5. The zero-order chi connectivity index (χ0) is 20.4. The van der Waals surface area contributed by atoms with Crippen LogP contribution in [-0.4, -0.2) is 43.5 Å². The zero-order valence-corrected chi connectivity index (χ0v) is 17.6. The summed E-state index contributed by atoms with van der Waals surface area (Å²) in [5.74, 6) is 0.797. The van der Waals surface area contributed by atoms with Crippen LogP contribution in [0.2, 0.25) is 5.02 Å². The van der Waals surface area contributed by atoms with Crippen molar-refractivity contribution >= 4 is 34.2 Å². The van der Waals surface area contributed by atoms with Gasteiger partial charge in [0, 0.05) is 42.3 Å². The summed E-state index contributed by atoms with van der Waals surface area (Å²) in [4.78, 5) is 17.1. The van der Waals surface area contributed by atoms with E-state index in [-0.39, 0.29) is 11.9 Å². The second-order valence-electron chi connectivity index (χ2n) is 7.67. The number of fused-ring (bicyclic) bond motifs is 1. The van der Waals surface area contributed by atoms with E-state index in [0.29, 0.717) is 6.54 Å². The molecule has 1 amide bonds. The van der Waals surface area contributed by atoms with Gasteiger partial charge in [-0.3, -0.25) is 9.69 Å². The number of para-hydroxylation sites is 1. The van der Waals surface area contributed by atoms with Crippen LogP contribution in [0, 0.1) is 6.92 Å². The van der Waals surface area contributed by atoms with E-state index in [1.807, 2.05) is 49.4 Å². The van der Waals surface area contributed by atoms with E-state index in [4.69, 9.17) is 16.0 Å². The van der Waals surface area contributed by atoms with Gasteiger partial charge in [0.05, 0.1) is 12.6 Å². The van der Waals surface area contributed by atoms with Crippen molar-refractivity contribution in [3.63, 3.8) is 0 Å². The minimum atomic E-state index is -0.162. The third-order valence-corrected chi connectivity index (χ3v) is 5.74. The van der Waals surface area contributed by atoms with Crippen molar-refractivity contribution in [2.24, 2.45) is 0 Å². The summed E-state index contributed by atoms with van der Waals surface area (Å²) in [5, 5.41) is 4.87. The van der Waals surface area contributed by atoms with Crippen LogP contribution in [0.15, 0.2) is 52.9 Å². The molecule has 0 saturated carbocycles. The first kappa shape index (κ1) is 19.8. The molecule has 1 aromatic heterocycles. The van der Waals surface area contributed by atoms with Crippen LogP contribution in [0.5, 0.6) is 0 Å². The van der Waals surface area contributed by atoms with E-state index in [0.717, 1.165) is 47.9 Å². The number of furan rings is 1. The predicted molar refractivity (Wildman–Crippen MR) is 118 cm³/mol. The zero-order valence-electron chi connectivity index (χ0n) is 16.8. The van der Waals surface area contributed by atoms with Crippen molar-refractivity contribution in [2.45, 2.75) is 19.9 Å². The minimum Gasteiger partial charge on any atom is -0.459 e. The molecule has 152 valence electrons. The number of carbonyl (C=O) groups is 1. The lowest BCUT2D eigenvalue weighted by atomic mass is 10.1. The van der Waals surface area contributed by atoms with Crippen molar-refractivity contribution in [2.75, 3.05) is 37.6 Å². The van der Waals surface area contributed by atoms with Gasteiger partial charge in [0.25, 0.3) is 0 Å². The van der Waals surface area contributed by atoms with Gasteiger partial charge in [-0.15, -0.1) is 0 Å². The molecule has 3 aromatic rings. The molecule has 0 radical (unpaired) electrons. The molecule has 29 heavy (non-hydrogen) atoms. The summed E-state index contributed by atoms with van der Waals surface area (Å²) in [6.45, 7) is 7.91. The number of piperazine rings is 1. The number of anilines is 1. The Morgan fingerprint density at radius 1 is 1.14 bits per heavy atom. The van der Waals surface area contributed by atoms with E-state index in [9.17, 15) is 4.79 Å². The van der Waals surface area contributed by atoms with E-state index in [1.165, 1.54) is 11.3 Å². The number of hydrogen-bond donors (Lipinski definition) is 1. The van der Waals surface area contributed by atoms with Crippen LogP contribution in [0.3, 0.4) is 0 Å². The van der Waals surface area contributed by atoms with E-state index in [1.54, 1.807) is 0 Å². The molecule has 1 fully saturated rings. The first-order chi connectivity index (χ1) is 14.0. The molecule has 1 atom stereocenters. The number of rotatable bonds is 5. The third kappa shape index (κ3) is 4.57. The first-order valence-electron chi connectivity index (χ1n) is 10.0. The lowest BCUT2D eigenvalue weighted by Gasteiger charge is -2.36. The van der Waals surface area contributed by atoms with Gasteiger partial charge in [-0.05, 0) is 43.7 Å². The van der Waals surface area contributed by atoms with Gasteiger partial charge in [-0.1, -0.05) is 35.9 Å². The fraction of sp³-hybridized carbons (Fsp3) is 0.348. The van der Waals surface area contributed by atoms with Crippen molar-refractivity contribution < 1.29 is 9.21 Å². The number of amides is 1. The fourth-order valence-electron chi connectivity index (χ4n) is 3.85. The second kappa shape index (κ2) is 8.47.